The Morgan fingerprint density at radius 1 is 0.753 bits per heavy atom. The maximum atomic E-state index is 13.5. The number of phenols is 1. The van der Waals surface area contributed by atoms with Crippen LogP contribution < -0.4 is 48.4 Å². The minimum absolute atomic E-state index is 0.0106. The molecule has 3 aromatic rings. The van der Waals surface area contributed by atoms with Gasteiger partial charge >= 0.3 is 5.97 Å². The smallest absolute Gasteiger partial charge is 0.336 e. The highest BCUT2D eigenvalue weighted by molar-refractivity contribution is 7.80. The zero-order valence-electron chi connectivity index (χ0n) is 49.5. The lowest BCUT2D eigenvalue weighted by atomic mass is 9.86. The van der Waals surface area contributed by atoms with Gasteiger partial charge in [-0.15, -0.1) is 0 Å². The standard InChI is InChI=1S/C62H79N11O11S/c1-59(2,24-29-82-61(5,6)22-10-27-64-49(76)11-9-26-65-53(77)37-12-14-38(15-13-37)67-34-40-35-68-52-51(70-40)54(78)73-57(63)72-52)36-69-56(81)60(3,4)25-30-83-62(7,8)23-28-66-58(85)71-39-16-19-43(46(31-39)55(79)80)50-44-20-17-41(74)32-47(44)84-48-33-42(75)18-21-45(48)50/h12-21,31-33,35,51-52,67,74H,9-11,22-30,34,36H2,1-8H3,(H,64,76)(H,65,77)(H,69,81)(H,79,80)(H2,66,71,85)(H3,63,72,73,78). The summed E-state index contributed by atoms with van der Waals surface area (Å²) in [6.45, 7) is 18.9. The first kappa shape index (κ1) is 64.3. The number of carbonyl (C=O) groups is 5. The van der Waals surface area contributed by atoms with Crippen molar-refractivity contribution in [2.24, 2.45) is 31.5 Å². The van der Waals surface area contributed by atoms with Crippen molar-refractivity contribution in [3.05, 3.63) is 100 Å². The number of anilines is 2. The van der Waals surface area contributed by atoms with Crippen LogP contribution in [-0.4, -0.2) is 132 Å². The zero-order chi connectivity index (χ0) is 61.7. The molecule has 7 rings (SSSR count). The number of aliphatic imine (C=N–C) groups is 3. The number of nitrogens with zero attached hydrogens (tertiary/aromatic N) is 3. The van der Waals surface area contributed by atoms with E-state index in [1.54, 1.807) is 54.7 Å². The summed E-state index contributed by atoms with van der Waals surface area (Å²) in [5, 5.41) is 42.3. The Morgan fingerprint density at radius 2 is 1.45 bits per heavy atom. The molecule has 2 unspecified atom stereocenters. The predicted octanol–water partition coefficient (Wildman–Crippen LogP) is 7.37. The number of carboxylic acids is 1. The Balaban J connectivity index is 0.727. The van der Waals surface area contributed by atoms with Gasteiger partial charge in [0.2, 0.25) is 11.8 Å². The molecule has 23 heteroatoms. The van der Waals surface area contributed by atoms with Gasteiger partial charge < -0.3 is 61.7 Å². The average Bonchev–Trinajstić information content (AvgIpc) is 3.13. The van der Waals surface area contributed by atoms with Crippen LogP contribution in [0.4, 0.5) is 11.4 Å². The first-order valence-electron chi connectivity index (χ1n) is 28.5. The van der Waals surface area contributed by atoms with Gasteiger partial charge in [-0.3, -0.25) is 39.3 Å². The molecular formula is C62H79N11O11S. The fourth-order valence-corrected chi connectivity index (χ4v) is 9.73. The number of thiocarbonyl (C=S) groups is 1. The Hall–Kier alpha value is -8.28. The van der Waals surface area contributed by atoms with E-state index in [0.717, 1.165) is 24.9 Å². The molecule has 454 valence electrons. The van der Waals surface area contributed by atoms with Crippen LogP contribution in [0.25, 0.3) is 33.4 Å². The van der Waals surface area contributed by atoms with Crippen molar-refractivity contribution in [2.45, 2.75) is 124 Å². The molecule has 2 atom stereocenters. The molecule has 3 aromatic carbocycles. The molecule has 0 spiro atoms. The highest BCUT2D eigenvalue weighted by Crippen LogP contribution is 2.42. The number of carbonyl (C=O) groups excluding carboxylic acids is 4. The Morgan fingerprint density at radius 3 is 2.19 bits per heavy atom. The summed E-state index contributed by atoms with van der Waals surface area (Å²) in [6.07, 6.45) is 4.92. The van der Waals surface area contributed by atoms with E-state index < -0.39 is 34.8 Å². The summed E-state index contributed by atoms with van der Waals surface area (Å²) in [6, 6.07) is 19.9. The van der Waals surface area contributed by atoms with Crippen LogP contribution in [0.15, 0.2) is 103 Å². The third-order valence-corrected chi connectivity index (χ3v) is 15.1. The van der Waals surface area contributed by atoms with Crippen LogP contribution in [0.2, 0.25) is 0 Å². The van der Waals surface area contributed by atoms with E-state index in [9.17, 15) is 39.0 Å². The number of hydrogen-bond acceptors (Lipinski definition) is 16. The number of amides is 4. The van der Waals surface area contributed by atoms with Crippen molar-refractivity contribution in [2.75, 3.05) is 56.6 Å². The number of fused-ring (bicyclic) bond motifs is 3. The molecule has 85 heavy (non-hydrogen) atoms. The monoisotopic (exact) mass is 1190 g/mol. The normalized spacial score (nSPS) is 15.3. The molecule has 22 nitrogen and oxygen atoms in total. The molecule has 0 aromatic heterocycles. The molecule has 3 heterocycles. The van der Waals surface area contributed by atoms with Gasteiger partial charge in [-0.25, -0.2) is 9.79 Å². The second-order valence-corrected chi connectivity index (χ2v) is 24.4. The summed E-state index contributed by atoms with van der Waals surface area (Å²) in [4.78, 5) is 88.7. The van der Waals surface area contributed by atoms with E-state index in [1.165, 1.54) is 30.3 Å². The summed E-state index contributed by atoms with van der Waals surface area (Å²) >= 11 is 5.58. The first-order valence-corrected chi connectivity index (χ1v) is 28.9. The van der Waals surface area contributed by atoms with Crippen LogP contribution in [0.5, 0.6) is 5.75 Å². The number of ether oxygens (including phenoxy) is 2. The second kappa shape index (κ2) is 28.1. The molecule has 4 amide bonds. The Labute approximate surface area is 500 Å². The Kier molecular flexibility index (Phi) is 21.2. The zero-order valence-corrected chi connectivity index (χ0v) is 50.3. The largest absolute Gasteiger partial charge is 0.508 e. The number of rotatable bonds is 29. The van der Waals surface area contributed by atoms with E-state index in [1.807, 2.05) is 41.5 Å². The highest BCUT2D eigenvalue weighted by atomic mass is 32.1. The number of carboxylic acid groups (broad SMARTS) is 1. The molecule has 11 N–H and O–H groups in total. The lowest BCUT2D eigenvalue weighted by molar-refractivity contribution is -0.132. The fraction of sp³-hybridized carbons (Fsp3) is 0.452. The van der Waals surface area contributed by atoms with Gasteiger partial charge in [0, 0.05) is 103 Å². The first-order chi connectivity index (χ1) is 40.2. The summed E-state index contributed by atoms with van der Waals surface area (Å²) in [7, 11) is 0. The molecule has 0 bridgehead atoms. The van der Waals surface area contributed by atoms with Crippen molar-refractivity contribution in [3.63, 3.8) is 0 Å². The van der Waals surface area contributed by atoms with Gasteiger partial charge in [0.05, 0.1) is 29.0 Å². The summed E-state index contributed by atoms with van der Waals surface area (Å²) in [5.74, 6) is -1.68. The van der Waals surface area contributed by atoms with E-state index in [4.69, 9.17) is 31.8 Å². The predicted molar refractivity (Wildman–Crippen MR) is 334 cm³/mol. The number of guanidine groups is 1. The lowest BCUT2D eigenvalue weighted by Crippen LogP contribution is -2.52. The third kappa shape index (κ3) is 18.6. The van der Waals surface area contributed by atoms with Crippen molar-refractivity contribution in [1.82, 2.24) is 26.6 Å². The van der Waals surface area contributed by atoms with Crippen LogP contribution >= 0.6 is 12.2 Å². The third-order valence-electron chi connectivity index (χ3n) is 14.8. The molecule has 3 aliphatic heterocycles. The minimum Gasteiger partial charge on any atom is -0.508 e. The van der Waals surface area contributed by atoms with E-state index in [-0.39, 0.29) is 74.6 Å². The summed E-state index contributed by atoms with van der Waals surface area (Å²) in [5.41, 5.74) is 7.43. The van der Waals surface area contributed by atoms with Gasteiger partial charge in [-0.1, -0.05) is 33.8 Å². The summed E-state index contributed by atoms with van der Waals surface area (Å²) < 4.78 is 18.5. The van der Waals surface area contributed by atoms with Crippen molar-refractivity contribution in [3.8, 4) is 28.2 Å². The number of nitrogens with one attached hydrogen (secondary N) is 7. The molecule has 0 saturated carbocycles. The quantitative estimate of drug-likeness (QED) is 0.0127. The number of aromatic hydroxyl groups is 1. The van der Waals surface area contributed by atoms with E-state index in [0.29, 0.717) is 104 Å². The number of nitrogens with two attached hydrogens (primary N) is 1. The van der Waals surface area contributed by atoms with Crippen molar-refractivity contribution >= 4 is 87.2 Å². The topological polar surface area (TPSA) is 322 Å². The van der Waals surface area contributed by atoms with Crippen LogP contribution in [-0.2, 0) is 23.9 Å². The molecule has 0 fully saturated rings. The van der Waals surface area contributed by atoms with Gasteiger partial charge in [0.1, 0.15) is 17.1 Å². The molecule has 0 saturated heterocycles. The maximum Gasteiger partial charge on any atom is 0.336 e. The van der Waals surface area contributed by atoms with Crippen molar-refractivity contribution < 1.29 is 48.1 Å². The number of phenolic OH excluding ortho intramolecular Hbond substituents is 1. The van der Waals surface area contributed by atoms with Crippen LogP contribution in [0.1, 0.15) is 121 Å². The van der Waals surface area contributed by atoms with Gasteiger partial charge in [0.15, 0.2) is 28.7 Å². The highest BCUT2D eigenvalue weighted by Gasteiger charge is 2.35. The van der Waals surface area contributed by atoms with Crippen LogP contribution in [0, 0.1) is 10.8 Å². The molecular weight excluding hydrogens is 1110 g/mol. The number of benzene rings is 4. The molecule has 1 aliphatic carbocycles. The Bertz CT molecular complexity index is 3390. The maximum absolute atomic E-state index is 13.5. The fourth-order valence-electron chi connectivity index (χ4n) is 9.51. The van der Waals surface area contributed by atoms with Gasteiger partial charge in [0.25, 0.3) is 11.8 Å². The molecule has 0 radical (unpaired) electrons. The number of hydrogen-bond donors (Lipinski definition) is 10. The second-order valence-electron chi connectivity index (χ2n) is 24.0. The van der Waals surface area contributed by atoms with E-state index >= 15 is 0 Å². The molecule has 4 aliphatic rings. The average molecular weight is 1190 g/mol. The number of aromatic carboxylic acids is 1. The van der Waals surface area contributed by atoms with E-state index in [2.05, 4.69) is 66.0 Å². The van der Waals surface area contributed by atoms with Gasteiger partial charge in [-0.2, -0.15) is 0 Å². The SMILES string of the molecule is CC(C)(CCOC(C)(C)CCCNC(=O)CCCNC(=O)c1ccc(NCC2=NC3C(=O)NC(N)=NC3N=C2)cc1)CNC(=O)C(C)(C)CCOC(C)(C)CCNC(=S)Nc1ccc(-c2c3ccc(=O)cc-3oc3cc(O)ccc23)c(C(=O)O)c1. The minimum atomic E-state index is -1.17. The lowest BCUT2D eigenvalue weighted by Gasteiger charge is -2.32. The van der Waals surface area contributed by atoms with Crippen LogP contribution in [0.3, 0.4) is 0 Å². The van der Waals surface area contributed by atoms with Gasteiger partial charge in [-0.05, 0) is 150 Å². The van der Waals surface area contributed by atoms with Crippen molar-refractivity contribution in [1.29, 1.82) is 0 Å².